The third kappa shape index (κ3) is 20.8. The number of allylic oxidation sites excluding steroid dienone is 2. The second-order valence-corrected chi connectivity index (χ2v) is 43.2. The van der Waals surface area contributed by atoms with Crippen LogP contribution in [0, 0.1) is 23.6 Å². The summed E-state index contributed by atoms with van der Waals surface area (Å²) in [5.41, 5.74) is 2.65. The lowest BCUT2D eigenvalue weighted by molar-refractivity contribution is -0.164. The van der Waals surface area contributed by atoms with Gasteiger partial charge in [0.2, 0.25) is 0 Å². The molecule has 0 bridgehead atoms. The lowest BCUT2D eigenvalue weighted by Gasteiger charge is -2.49. The highest BCUT2D eigenvalue weighted by molar-refractivity contribution is 5.97. The van der Waals surface area contributed by atoms with Crippen LogP contribution in [-0.2, 0) is 25.4 Å². The second kappa shape index (κ2) is 38.7. The van der Waals surface area contributed by atoms with Gasteiger partial charge in [-0.3, -0.25) is 38.4 Å². The summed E-state index contributed by atoms with van der Waals surface area (Å²) < 4.78 is 61.0. The molecule has 5 saturated carbocycles. The molecule has 4 aliphatic heterocycles. The van der Waals surface area contributed by atoms with Gasteiger partial charge in [-0.1, -0.05) is 72.8 Å². The van der Waals surface area contributed by atoms with Crippen LogP contribution in [0.25, 0.3) is 39.4 Å². The van der Waals surface area contributed by atoms with E-state index in [0.717, 1.165) is 113 Å². The highest BCUT2D eigenvalue weighted by atomic mass is 19.4. The van der Waals surface area contributed by atoms with E-state index in [-0.39, 0.29) is 89.8 Å². The first-order valence-corrected chi connectivity index (χ1v) is 49.5. The van der Waals surface area contributed by atoms with Crippen LogP contribution >= 0.6 is 0 Å². The summed E-state index contributed by atoms with van der Waals surface area (Å²) in [6.07, 6.45) is 21.4. The molecule has 744 valence electrons. The number of aromatic nitrogens is 12. The molecule has 32 nitrogen and oxygen atoms in total. The van der Waals surface area contributed by atoms with E-state index < -0.39 is 80.1 Å². The zero-order chi connectivity index (χ0) is 99.9. The van der Waals surface area contributed by atoms with Crippen molar-refractivity contribution in [3.63, 3.8) is 0 Å². The molecular weight excluding hydrogens is 1790 g/mol. The molecule has 4 saturated heterocycles. The van der Waals surface area contributed by atoms with Crippen molar-refractivity contribution >= 4 is 75.4 Å². The maximum absolute atomic E-state index is 13.9. The molecule has 19 rings (SSSR count). The summed E-state index contributed by atoms with van der Waals surface area (Å²) in [4.78, 5) is 136. The van der Waals surface area contributed by atoms with E-state index in [2.05, 4.69) is 91.8 Å². The number of aliphatic hydroxyl groups excluding tert-OH is 1. The number of aliphatic hydroxyl groups is 4. The summed E-state index contributed by atoms with van der Waals surface area (Å²) in [5.74, 6) is 5.44. The molecule has 6 aliphatic carbocycles. The number of benzene rings is 1. The molecule has 4 N–H and O–H groups in total. The van der Waals surface area contributed by atoms with E-state index in [1.165, 1.54) is 79.4 Å². The lowest BCUT2D eigenvalue weighted by Crippen LogP contribution is -2.65. The van der Waals surface area contributed by atoms with Crippen LogP contribution in [0.1, 0.15) is 337 Å². The number of imidazole rings is 4. The van der Waals surface area contributed by atoms with E-state index >= 15 is 0 Å². The standard InChI is InChI=1S/C27H39N5O3.C27H37N5O3.C26H33N5O3.C23H23F4N5O3/c2*1-18(2)20-15-21(19-9-6-5-7-10-19)29-32-16-22(28-23(20)32)24(33)31-14-13-30(17-26(31,3)4)25(34)27(35)11-8-12-27;1-17(2)20-14-19(9-8-18-6-7-18)28-31-15-21(27-22(20)31)23(32)30-13-12-29(16-25(30,3)4)24(33)26(34)10-5-11-26;1-13(33)20(34)30-8-9-31(22(2,3)12-30)21(35)18-11-32-19(28-18)16(23(25,26)27)10-17(29-32)14-4-6-15(24)7-5-14/h15-16,18-19,35H,5-14,17H2,1-4H3;9,15-16,18,35H,5-8,10-14,17H2,1-4H3;14-15,17-18,34H,5-7,10-13,16H2,1-4H3;4-7,10-11,13,33H,8-9,12H2,1-3H3/t;;;13-/m...0/s1. The Labute approximate surface area is 807 Å². The van der Waals surface area contributed by atoms with Crippen LogP contribution in [0.4, 0.5) is 17.6 Å². The third-order valence-electron chi connectivity index (χ3n) is 29.5. The third-order valence-corrected chi connectivity index (χ3v) is 29.5. The minimum Gasteiger partial charge on any atom is -0.384 e. The monoisotopic (exact) mass is 1920 g/mol. The number of piperazine rings is 4. The van der Waals surface area contributed by atoms with Crippen LogP contribution in [0.5, 0.6) is 0 Å². The van der Waals surface area contributed by atoms with E-state index in [4.69, 9.17) is 20.2 Å². The number of rotatable bonds is 14. The number of hydrogen-bond donors (Lipinski definition) is 4. The number of hydrogen-bond acceptors (Lipinski definition) is 20. The molecule has 9 fully saturated rings. The van der Waals surface area contributed by atoms with Gasteiger partial charge in [0.25, 0.3) is 47.3 Å². The Morgan fingerprint density at radius 2 is 0.813 bits per heavy atom. The van der Waals surface area contributed by atoms with Crippen LogP contribution in [-0.4, -0.2) is 289 Å². The van der Waals surface area contributed by atoms with Crippen molar-refractivity contribution in [1.29, 1.82) is 0 Å². The first-order valence-electron chi connectivity index (χ1n) is 49.5. The number of fused-ring (bicyclic) bond motifs is 4. The van der Waals surface area contributed by atoms with Gasteiger partial charge < -0.3 is 59.6 Å². The normalized spacial score (nSPS) is 20.6. The first-order chi connectivity index (χ1) is 65.5. The summed E-state index contributed by atoms with van der Waals surface area (Å²) in [5, 5.41) is 59.7. The van der Waals surface area contributed by atoms with Gasteiger partial charge >= 0.3 is 6.18 Å². The summed E-state index contributed by atoms with van der Waals surface area (Å²) >= 11 is 0. The molecule has 1 atom stereocenters. The molecule has 0 spiro atoms. The summed E-state index contributed by atoms with van der Waals surface area (Å²) in [6, 6.07) is 12.0. The number of amides is 8. The zero-order valence-electron chi connectivity index (χ0n) is 82.6. The Hall–Kier alpha value is -11.7. The summed E-state index contributed by atoms with van der Waals surface area (Å²) in [7, 11) is 0. The van der Waals surface area contributed by atoms with Gasteiger partial charge in [-0.05, 0) is 249 Å². The van der Waals surface area contributed by atoms with Gasteiger partial charge in [0.15, 0.2) is 22.6 Å². The topological polar surface area (TPSA) is 364 Å². The molecular formula is C103H132F4N20O12. The largest absolute Gasteiger partial charge is 0.420 e. The Morgan fingerprint density at radius 3 is 1.19 bits per heavy atom. The Bertz CT molecular complexity index is 6330. The van der Waals surface area contributed by atoms with Crippen LogP contribution in [0.2, 0.25) is 0 Å². The second-order valence-electron chi connectivity index (χ2n) is 43.2. The highest BCUT2D eigenvalue weighted by Crippen LogP contribution is 2.43. The van der Waals surface area contributed by atoms with Crippen LogP contribution in [0.15, 0.2) is 79.4 Å². The number of carbonyl (C=O) groups is 8. The van der Waals surface area contributed by atoms with Crippen molar-refractivity contribution in [2.24, 2.45) is 5.92 Å². The van der Waals surface area contributed by atoms with Gasteiger partial charge in [0.1, 0.15) is 62.8 Å². The number of carbonyl (C=O) groups excluding carboxylic acids is 8. The molecule has 36 heteroatoms. The molecule has 1 aromatic carbocycles. The van der Waals surface area contributed by atoms with Crippen molar-refractivity contribution in [3.8, 4) is 23.1 Å². The van der Waals surface area contributed by atoms with Gasteiger partial charge in [-0.15, -0.1) is 0 Å². The van der Waals surface area contributed by atoms with Gasteiger partial charge in [0.05, 0.1) is 64.0 Å². The SMILES string of the molecule is CC(C)c1cc(C#CC2CC2)nn2cc(C(=O)N3CCN(C(=O)C4(O)CCC4)CC3(C)C)nc12.CC(C)c1cc(C2=CCCCC2)nn2cc(C(=O)N3CCN(C(=O)C4(O)CCC4)CC3(C)C)nc12.CC(C)c1cc(C2CCCCC2)nn2cc(C(=O)N3CCN(C(=O)C4(O)CCC4)CC3(C)C)nc12.C[C@H](O)C(=O)N1CCN(C(=O)c2cn3nc(-c4ccc(F)cc4)cc(C(F)(F)F)c3n2)C(C)(C)C1. The molecule has 8 amide bonds. The molecule has 10 aliphatic rings. The minimum absolute atomic E-state index is 0.0631. The van der Waals surface area contributed by atoms with Crippen molar-refractivity contribution in [1.82, 2.24) is 97.6 Å². The fourth-order valence-corrected chi connectivity index (χ4v) is 20.7. The lowest BCUT2D eigenvalue weighted by atomic mass is 9.78. The Balaban J connectivity index is 0.000000134. The maximum Gasteiger partial charge on any atom is 0.420 e. The van der Waals surface area contributed by atoms with E-state index in [1.54, 1.807) is 61.1 Å². The fourth-order valence-electron chi connectivity index (χ4n) is 20.7. The molecule has 9 aromatic rings. The van der Waals surface area contributed by atoms with Crippen LogP contribution < -0.4 is 0 Å². The highest BCUT2D eigenvalue weighted by Gasteiger charge is 2.53. The predicted molar refractivity (Wildman–Crippen MR) is 511 cm³/mol. The number of halogens is 4. The van der Waals surface area contributed by atoms with Crippen molar-refractivity contribution < 1.29 is 76.3 Å². The smallest absolute Gasteiger partial charge is 0.384 e. The quantitative estimate of drug-likeness (QED) is 0.0580. The van der Waals surface area contributed by atoms with Gasteiger partial charge in [-0.25, -0.2) is 42.4 Å². The molecule has 139 heavy (non-hydrogen) atoms. The van der Waals surface area contributed by atoms with E-state index in [1.807, 2.05) is 61.9 Å². The van der Waals surface area contributed by atoms with Crippen molar-refractivity contribution in [3.05, 3.63) is 147 Å². The maximum atomic E-state index is 13.9. The summed E-state index contributed by atoms with van der Waals surface area (Å²) in [6.45, 7) is 33.4. The van der Waals surface area contributed by atoms with E-state index in [0.29, 0.717) is 138 Å². The minimum atomic E-state index is -4.78. The zero-order valence-corrected chi connectivity index (χ0v) is 82.6. The molecule has 0 radical (unpaired) electrons. The Morgan fingerprint density at radius 1 is 0.432 bits per heavy atom. The number of nitrogens with zero attached hydrogens (tertiary/aromatic N) is 20. The van der Waals surface area contributed by atoms with Gasteiger partial charge in [0, 0.05) is 113 Å². The predicted octanol–water partition coefficient (Wildman–Crippen LogP) is 13.3. The fraction of sp³-hybridized carbons (Fsp3) is 0.592. The number of alkyl halides is 3. The molecule has 8 aromatic heterocycles. The van der Waals surface area contributed by atoms with Crippen molar-refractivity contribution in [2.45, 2.75) is 307 Å². The van der Waals surface area contributed by atoms with Gasteiger partial charge in [-0.2, -0.15) is 33.6 Å². The van der Waals surface area contributed by atoms with Crippen molar-refractivity contribution in [2.75, 3.05) is 78.5 Å². The average Bonchev–Trinajstić information content (AvgIpc) is 1.75. The Kier molecular flexibility index (Phi) is 27.9. The van der Waals surface area contributed by atoms with E-state index in [9.17, 15) is 76.3 Å². The average molecular weight is 1920 g/mol. The van der Waals surface area contributed by atoms with Crippen LogP contribution in [0.3, 0.4) is 0 Å². The molecule has 0 unspecified atom stereocenters. The first kappa shape index (κ1) is 100. The molecule has 12 heterocycles.